The summed E-state index contributed by atoms with van der Waals surface area (Å²) in [6, 6.07) is 14.2. The molecule has 0 bridgehead atoms. The Bertz CT molecular complexity index is 873. The van der Waals surface area contributed by atoms with Gasteiger partial charge in [-0.3, -0.25) is 0 Å². The van der Waals surface area contributed by atoms with Crippen molar-refractivity contribution >= 4 is 17.3 Å². The fourth-order valence-electron chi connectivity index (χ4n) is 3.30. The molecule has 0 saturated carbocycles. The molecule has 0 spiro atoms. The quantitative estimate of drug-likeness (QED) is 0.764. The second kappa shape index (κ2) is 7.48. The van der Waals surface area contributed by atoms with Crippen LogP contribution in [0, 0.1) is 5.82 Å². The van der Waals surface area contributed by atoms with Crippen molar-refractivity contribution in [3.63, 3.8) is 0 Å². The second-order valence-electron chi connectivity index (χ2n) is 6.49. The molecule has 0 atom stereocenters. The Kier molecular flexibility index (Phi) is 4.91. The van der Waals surface area contributed by atoms with E-state index in [0.717, 1.165) is 49.0 Å². The molecule has 1 N–H and O–H groups in total. The average molecular weight is 373 g/mol. The van der Waals surface area contributed by atoms with Crippen LogP contribution in [0.5, 0.6) is 0 Å². The van der Waals surface area contributed by atoms with Crippen LogP contribution in [0.1, 0.15) is 5.89 Å². The van der Waals surface area contributed by atoms with Gasteiger partial charge in [0.25, 0.3) is 5.89 Å². The first-order valence-corrected chi connectivity index (χ1v) is 9.10. The molecular formula is C20H20ClFN3O+. The number of oxazole rings is 1. The lowest BCUT2D eigenvalue weighted by Gasteiger charge is -2.33. The highest BCUT2D eigenvalue weighted by Crippen LogP contribution is 2.25. The van der Waals surface area contributed by atoms with Gasteiger partial charge in [-0.1, -0.05) is 23.7 Å². The normalized spacial score (nSPS) is 15.4. The first-order valence-electron chi connectivity index (χ1n) is 8.73. The van der Waals surface area contributed by atoms with Gasteiger partial charge in [0.2, 0.25) is 0 Å². The molecule has 4 rings (SSSR count). The summed E-state index contributed by atoms with van der Waals surface area (Å²) in [5.74, 6) is 1.13. The Morgan fingerprint density at radius 2 is 1.81 bits per heavy atom. The van der Waals surface area contributed by atoms with Gasteiger partial charge in [0.1, 0.15) is 5.82 Å². The Morgan fingerprint density at radius 1 is 1.08 bits per heavy atom. The van der Waals surface area contributed by atoms with Gasteiger partial charge in [0.05, 0.1) is 43.1 Å². The van der Waals surface area contributed by atoms with Gasteiger partial charge < -0.3 is 14.2 Å². The summed E-state index contributed by atoms with van der Waals surface area (Å²) in [5, 5.41) is 0.799. The predicted octanol–water partition coefficient (Wildman–Crippen LogP) is 3.04. The van der Waals surface area contributed by atoms with Crippen LogP contribution >= 0.6 is 11.6 Å². The molecule has 2 heterocycles. The molecule has 1 aliphatic rings. The second-order valence-corrected chi connectivity index (χ2v) is 6.90. The van der Waals surface area contributed by atoms with E-state index in [1.165, 1.54) is 17.0 Å². The highest BCUT2D eigenvalue weighted by molar-refractivity contribution is 6.33. The lowest BCUT2D eigenvalue weighted by molar-refractivity contribution is -0.915. The number of benzene rings is 2. The van der Waals surface area contributed by atoms with E-state index in [0.29, 0.717) is 11.7 Å². The maximum absolute atomic E-state index is 13.0. The molecule has 1 aliphatic heterocycles. The predicted molar refractivity (Wildman–Crippen MR) is 100.0 cm³/mol. The van der Waals surface area contributed by atoms with E-state index in [2.05, 4.69) is 16.0 Å². The number of para-hydroxylation sites is 1. The van der Waals surface area contributed by atoms with Gasteiger partial charge in [-0.15, -0.1) is 0 Å². The molecule has 0 radical (unpaired) electrons. The number of nitrogens with zero attached hydrogens (tertiary/aromatic N) is 2. The fourth-order valence-corrected chi connectivity index (χ4v) is 3.56. The van der Waals surface area contributed by atoms with Crippen LogP contribution in [0.15, 0.2) is 59.1 Å². The summed E-state index contributed by atoms with van der Waals surface area (Å²) in [5.41, 5.74) is 1.94. The van der Waals surface area contributed by atoms with Gasteiger partial charge in [-0.2, -0.15) is 0 Å². The summed E-state index contributed by atoms with van der Waals surface area (Å²) in [4.78, 5) is 8.14. The molecule has 2 aromatic carbocycles. The highest BCUT2D eigenvalue weighted by Gasteiger charge is 2.23. The van der Waals surface area contributed by atoms with Gasteiger partial charge in [-0.25, -0.2) is 9.37 Å². The number of nitrogens with one attached hydrogen (secondary N) is 1. The molecule has 4 nitrogen and oxygen atoms in total. The topological polar surface area (TPSA) is 33.7 Å². The first kappa shape index (κ1) is 17.1. The summed E-state index contributed by atoms with van der Waals surface area (Å²) in [6.07, 6.45) is 1.71. The van der Waals surface area contributed by atoms with E-state index in [4.69, 9.17) is 16.0 Å². The van der Waals surface area contributed by atoms with Crippen molar-refractivity contribution in [2.45, 2.75) is 6.54 Å². The van der Waals surface area contributed by atoms with Crippen molar-refractivity contribution in [2.24, 2.45) is 0 Å². The lowest BCUT2D eigenvalue weighted by atomic mass is 10.2. The van der Waals surface area contributed by atoms with Crippen LogP contribution in [0.4, 0.5) is 10.1 Å². The maximum atomic E-state index is 13.0. The smallest absolute Gasteiger partial charge is 0.250 e. The van der Waals surface area contributed by atoms with Crippen LogP contribution in [0.25, 0.3) is 11.3 Å². The number of quaternary nitrogens is 1. The number of aromatic nitrogens is 1. The van der Waals surface area contributed by atoms with Crippen molar-refractivity contribution in [3.8, 4) is 11.3 Å². The number of hydrogen-bond donors (Lipinski definition) is 1. The molecule has 1 fully saturated rings. The van der Waals surface area contributed by atoms with E-state index in [1.54, 1.807) is 18.3 Å². The summed E-state index contributed by atoms with van der Waals surface area (Å²) >= 11 is 6.30. The van der Waals surface area contributed by atoms with Crippen LogP contribution in [-0.4, -0.2) is 31.2 Å². The Balaban J connectivity index is 1.36. The number of hydrogen-bond acceptors (Lipinski definition) is 3. The molecule has 1 aromatic heterocycles. The minimum absolute atomic E-state index is 0.255. The Morgan fingerprint density at radius 3 is 2.54 bits per heavy atom. The van der Waals surface area contributed by atoms with Crippen LogP contribution in [-0.2, 0) is 6.54 Å². The number of rotatable bonds is 4. The Hall–Kier alpha value is -2.37. The molecule has 0 aliphatic carbocycles. The fraction of sp³-hybridized carbons (Fsp3) is 0.250. The first-order chi connectivity index (χ1) is 12.7. The standard InChI is InChI=1S/C20H19ClFN3O/c21-17-3-1-2-4-18(17)25-11-9-24(10-12-25)14-20-23-13-19(26-20)15-5-7-16(22)8-6-15/h1-8,13H,9-12,14H2/p+1. The SMILES string of the molecule is Fc1ccc(-c2cnc(C[NH+]3CCN(c4ccccc4Cl)CC3)o2)cc1. The van der Waals surface area contributed by atoms with Crippen molar-refractivity contribution in [2.75, 3.05) is 31.1 Å². The zero-order valence-electron chi connectivity index (χ0n) is 14.3. The van der Waals surface area contributed by atoms with E-state index in [1.807, 2.05) is 18.2 Å². The zero-order valence-corrected chi connectivity index (χ0v) is 15.0. The van der Waals surface area contributed by atoms with Crippen molar-refractivity contribution in [3.05, 3.63) is 71.5 Å². The Labute approximate surface area is 156 Å². The maximum Gasteiger partial charge on any atom is 0.250 e. The monoisotopic (exact) mass is 372 g/mol. The highest BCUT2D eigenvalue weighted by atomic mass is 35.5. The van der Waals surface area contributed by atoms with E-state index in [-0.39, 0.29) is 5.82 Å². The molecule has 134 valence electrons. The summed E-state index contributed by atoms with van der Waals surface area (Å²) in [6.45, 7) is 4.64. The van der Waals surface area contributed by atoms with Crippen LogP contribution < -0.4 is 9.80 Å². The van der Waals surface area contributed by atoms with E-state index in [9.17, 15) is 4.39 Å². The van der Waals surface area contributed by atoms with E-state index < -0.39 is 0 Å². The molecule has 6 heteroatoms. The van der Waals surface area contributed by atoms with E-state index >= 15 is 0 Å². The largest absolute Gasteiger partial charge is 0.435 e. The minimum atomic E-state index is -0.255. The lowest BCUT2D eigenvalue weighted by Crippen LogP contribution is -3.13. The molecule has 3 aromatic rings. The molecule has 1 saturated heterocycles. The third-order valence-electron chi connectivity index (χ3n) is 4.75. The molecule has 26 heavy (non-hydrogen) atoms. The summed E-state index contributed by atoms with van der Waals surface area (Å²) in [7, 11) is 0. The van der Waals surface area contributed by atoms with Crippen LogP contribution in [0.2, 0.25) is 5.02 Å². The van der Waals surface area contributed by atoms with Gasteiger partial charge >= 0.3 is 0 Å². The average Bonchev–Trinajstić information content (AvgIpc) is 3.12. The van der Waals surface area contributed by atoms with Gasteiger partial charge in [0, 0.05) is 5.56 Å². The van der Waals surface area contributed by atoms with Crippen molar-refractivity contribution in [1.29, 1.82) is 0 Å². The third kappa shape index (κ3) is 3.74. The van der Waals surface area contributed by atoms with Gasteiger partial charge in [-0.05, 0) is 36.4 Å². The molecule has 0 unspecified atom stereocenters. The van der Waals surface area contributed by atoms with Crippen molar-refractivity contribution < 1.29 is 13.7 Å². The molecule has 0 amide bonds. The summed E-state index contributed by atoms with van der Waals surface area (Å²) < 4.78 is 18.9. The van der Waals surface area contributed by atoms with Crippen molar-refractivity contribution in [1.82, 2.24) is 4.98 Å². The zero-order chi connectivity index (χ0) is 17.9. The van der Waals surface area contributed by atoms with Gasteiger partial charge in [0.15, 0.2) is 12.3 Å². The number of halogens is 2. The number of piperazine rings is 1. The molecular weight excluding hydrogens is 353 g/mol. The number of anilines is 1. The third-order valence-corrected chi connectivity index (χ3v) is 5.07. The minimum Gasteiger partial charge on any atom is -0.435 e. The van der Waals surface area contributed by atoms with Crippen LogP contribution in [0.3, 0.4) is 0 Å².